The number of benzene rings is 12. The van der Waals surface area contributed by atoms with Gasteiger partial charge in [0.1, 0.15) is 23.0 Å². The third-order valence-corrected chi connectivity index (χ3v) is 16.4. The van der Waals surface area contributed by atoms with Crippen molar-refractivity contribution in [3.8, 4) is 56.4 Å². The summed E-state index contributed by atoms with van der Waals surface area (Å²) >= 11 is 0. The maximum atomic E-state index is 6.89. The summed E-state index contributed by atoms with van der Waals surface area (Å²) in [5, 5.41) is 4.83. The van der Waals surface area contributed by atoms with Crippen LogP contribution in [0.15, 0.2) is 261 Å². The van der Waals surface area contributed by atoms with E-state index < -0.39 is 10.8 Å². The van der Waals surface area contributed by atoms with Crippen LogP contribution in [0.25, 0.3) is 54.9 Å². The van der Waals surface area contributed by atoms with Crippen molar-refractivity contribution in [2.45, 2.75) is 10.8 Å². The van der Waals surface area contributed by atoms with E-state index in [0.29, 0.717) is 0 Å². The molecule has 0 atom stereocenters. The highest BCUT2D eigenvalue weighted by atomic mass is 16.5. The molecule has 12 aromatic carbocycles. The monoisotopic (exact) mass is 929 g/mol. The predicted octanol–water partition coefficient (Wildman–Crippen LogP) is 18.1. The molecule has 340 valence electrons. The average Bonchev–Trinajstić information content (AvgIpc) is 3.92. The van der Waals surface area contributed by atoms with E-state index in [2.05, 4.69) is 266 Å². The lowest BCUT2D eigenvalue weighted by atomic mass is 9.65. The van der Waals surface area contributed by atoms with Gasteiger partial charge in [-0.15, -0.1) is 0 Å². The van der Waals surface area contributed by atoms with Crippen LogP contribution in [-0.4, -0.2) is 0 Å². The number of ether oxygens (including phenoxy) is 2. The first kappa shape index (κ1) is 40.3. The fraction of sp³-hybridized carbons (Fsp3) is 0.0286. The molecular weight excluding hydrogens is 887 g/mol. The van der Waals surface area contributed by atoms with Gasteiger partial charge in [-0.3, -0.25) is 0 Å². The molecule has 3 nitrogen and oxygen atoms in total. The summed E-state index contributed by atoms with van der Waals surface area (Å²) in [4.78, 5) is 2.53. The summed E-state index contributed by atoms with van der Waals surface area (Å²) in [7, 11) is 0. The molecule has 2 heterocycles. The van der Waals surface area contributed by atoms with Crippen LogP contribution >= 0.6 is 0 Å². The summed E-state index contributed by atoms with van der Waals surface area (Å²) in [6, 6.07) is 95.9. The van der Waals surface area contributed by atoms with E-state index in [9.17, 15) is 0 Å². The number of anilines is 3. The summed E-state index contributed by atoms with van der Waals surface area (Å²) in [5.41, 5.74) is 18.8. The first-order valence-electron chi connectivity index (χ1n) is 25.2. The Morgan fingerprint density at radius 2 is 0.740 bits per heavy atom. The van der Waals surface area contributed by atoms with E-state index in [0.717, 1.165) is 62.3 Å². The van der Waals surface area contributed by atoms with Gasteiger partial charge in [-0.1, -0.05) is 206 Å². The van der Waals surface area contributed by atoms with Crippen LogP contribution in [0.4, 0.5) is 17.1 Å². The Bertz CT molecular complexity index is 4190. The SMILES string of the molecule is c1ccc(-c2ccc(N(c3ccc4c(c3)C3(c5ccccc5Oc5ccccc53)c3ccccc3-4)c3cc4c(c5ccccc35)-c3c(ccc5ccccc35)C43c4ccccc4Oc4ccccc43)cc2)cc1. The van der Waals surface area contributed by atoms with Crippen LogP contribution in [0.3, 0.4) is 0 Å². The molecule has 0 bridgehead atoms. The van der Waals surface area contributed by atoms with Crippen LogP contribution in [0, 0.1) is 0 Å². The molecule has 0 fully saturated rings. The molecule has 16 rings (SSSR count). The van der Waals surface area contributed by atoms with E-state index in [-0.39, 0.29) is 0 Å². The molecule has 3 heteroatoms. The van der Waals surface area contributed by atoms with Crippen LogP contribution in [0.2, 0.25) is 0 Å². The van der Waals surface area contributed by atoms with E-state index >= 15 is 0 Å². The second-order valence-corrected chi connectivity index (χ2v) is 19.8. The number of rotatable bonds is 4. The fourth-order valence-corrected chi connectivity index (χ4v) is 13.5. The number of hydrogen-bond acceptors (Lipinski definition) is 3. The highest BCUT2D eigenvalue weighted by molar-refractivity contribution is 6.16. The Balaban J connectivity index is 1.03. The molecule has 2 aliphatic carbocycles. The van der Waals surface area contributed by atoms with Gasteiger partial charge in [0.15, 0.2) is 0 Å². The second kappa shape index (κ2) is 15.0. The molecule has 2 spiro atoms. The van der Waals surface area contributed by atoms with Gasteiger partial charge in [0.2, 0.25) is 0 Å². The van der Waals surface area contributed by atoms with Crippen LogP contribution in [0.1, 0.15) is 44.5 Å². The molecule has 0 radical (unpaired) electrons. The zero-order chi connectivity index (χ0) is 47.8. The van der Waals surface area contributed by atoms with Crippen LogP contribution < -0.4 is 14.4 Å². The number of nitrogens with zero attached hydrogens (tertiary/aromatic N) is 1. The molecule has 0 saturated carbocycles. The van der Waals surface area contributed by atoms with Crippen molar-refractivity contribution in [3.05, 3.63) is 305 Å². The lowest BCUT2D eigenvalue weighted by Gasteiger charge is -2.40. The van der Waals surface area contributed by atoms with Crippen LogP contribution in [0.5, 0.6) is 23.0 Å². The van der Waals surface area contributed by atoms with Crippen molar-refractivity contribution in [1.29, 1.82) is 0 Å². The first-order chi connectivity index (χ1) is 36.2. The third-order valence-electron chi connectivity index (χ3n) is 16.4. The number of hydrogen-bond donors (Lipinski definition) is 0. The zero-order valence-corrected chi connectivity index (χ0v) is 39.6. The first-order valence-corrected chi connectivity index (χ1v) is 25.2. The quantitative estimate of drug-likeness (QED) is 0.176. The van der Waals surface area contributed by atoms with Gasteiger partial charge < -0.3 is 14.4 Å². The van der Waals surface area contributed by atoms with Gasteiger partial charge in [0.05, 0.1) is 16.5 Å². The summed E-state index contributed by atoms with van der Waals surface area (Å²) in [6.07, 6.45) is 0. The number of para-hydroxylation sites is 4. The van der Waals surface area contributed by atoms with E-state index in [1.165, 1.54) is 77.2 Å². The van der Waals surface area contributed by atoms with E-state index in [1.54, 1.807) is 0 Å². The molecule has 2 aliphatic heterocycles. The van der Waals surface area contributed by atoms with Gasteiger partial charge in [0, 0.05) is 39.0 Å². The highest BCUT2D eigenvalue weighted by Gasteiger charge is 2.54. The molecule has 12 aromatic rings. The molecule has 0 aromatic heterocycles. The maximum absolute atomic E-state index is 6.89. The van der Waals surface area contributed by atoms with Gasteiger partial charge in [0.25, 0.3) is 0 Å². The van der Waals surface area contributed by atoms with Crippen molar-refractivity contribution in [1.82, 2.24) is 0 Å². The van der Waals surface area contributed by atoms with Gasteiger partial charge in [-0.05, 0) is 126 Å². The van der Waals surface area contributed by atoms with E-state index in [4.69, 9.17) is 9.47 Å². The average molecular weight is 930 g/mol. The van der Waals surface area contributed by atoms with Crippen molar-refractivity contribution in [3.63, 3.8) is 0 Å². The van der Waals surface area contributed by atoms with Crippen molar-refractivity contribution >= 4 is 38.6 Å². The Labute approximate surface area is 423 Å². The van der Waals surface area contributed by atoms with Crippen molar-refractivity contribution in [2.75, 3.05) is 4.90 Å². The Kier molecular flexibility index (Phi) is 8.30. The predicted molar refractivity (Wildman–Crippen MR) is 296 cm³/mol. The minimum absolute atomic E-state index is 0.640. The zero-order valence-electron chi connectivity index (χ0n) is 39.6. The van der Waals surface area contributed by atoms with Crippen molar-refractivity contribution < 1.29 is 9.47 Å². The summed E-state index contributed by atoms with van der Waals surface area (Å²) in [6.45, 7) is 0. The maximum Gasteiger partial charge on any atom is 0.132 e. The third kappa shape index (κ3) is 5.33. The molecule has 0 saturated heterocycles. The fourth-order valence-electron chi connectivity index (χ4n) is 13.5. The normalized spacial score (nSPS) is 14.2. The minimum atomic E-state index is -0.707. The smallest absolute Gasteiger partial charge is 0.132 e. The summed E-state index contributed by atoms with van der Waals surface area (Å²) < 4.78 is 13.7. The lowest BCUT2D eigenvalue weighted by molar-refractivity contribution is 0.436. The summed E-state index contributed by atoms with van der Waals surface area (Å²) in [5.74, 6) is 3.50. The van der Waals surface area contributed by atoms with Gasteiger partial charge >= 0.3 is 0 Å². The van der Waals surface area contributed by atoms with Crippen LogP contribution in [-0.2, 0) is 10.8 Å². The molecule has 0 unspecified atom stereocenters. The Morgan fingerprint density at radius 3 is 1.38 bits per heavy atom. The topological polar surface area (TPSA) is 21.7 Å². The van der Waals surface area contributed by atoms with Crippen molar-refractivity contribution in [2.24, 2.45) is 0 Å². The van der Waals surface area contributed by atoms with E-state index in [1.807, 2.05) is 0 Å². The molecular formula is C70H43NO2. The standard InChI is InChI=1S/C70H43NO2/c1-2-18-44(19-3-1)45-34-37-47(38-35-45)71(48-39-40-51-50-22-8-9-25-54(50)69(60(51)42-48)55-26-10-14-30-63(55)72-64-31-15-11-27-56(64)69)62-43-61-68(53-24-7-6-23-52(53)62)67-49-21-5-4-20-46(49)36-41-59(67)70(61)57-28-12-16-32-65(57)73-66-33-17-13-29-58(66)70/h1-43H. The highest BCUT2D eigenvalue weighted by Crippen LogP contribution is 2.66. The van der Waals surface area contributed by atoms with Gasteiger partial charge in [-0.25, -0.2) is 0 Å². The Hall–Kier alpha value is -9.44. The molecule has 73 heavy (non-hydrogen) atoms. The second-order valence-electron chi connectivity index (χ2n) is 19.8. The molecule has 0 N–H and O–H groups in total. The lowest BCUT2D eigenvalue weighted by Crippen LogP contribution is -2.32. The van der Waals surface area contributed by atoms with Gasteiger partial charge in [-0.2, -0.15) is 0 Å². The molecule has 0 amide bonds. The number of fused-ring (bicyclic) bond motifs is 22. The minimum Gasteiger partial charge on any atom is -0.457 e. The Morgan fingerprint density at radius 1 is 0.274 bits per heavy atom. The largest absolute Gasteiger partial charge is 0.457 e. The molecule has 4 aliphatic rings.